The van der Waals surface area contributed by atoms with Crippen LogP contribution >= 0.6 is 0 Å². The van der Waals surface area contributed by atoms with Crippen LogP contribution in [0.4, 0.5) is 0 Å². The van der Waals surface area contributed by atoms with Crippen LogP contribution in [0.5, 0.6) is 0 Å². The highest BCUT2D eigenvalue weighted by molar-refractivity contribution is 5.80. The first-order valence-electron chi connectivity index (χ1n) is 6.65. The SMILES string of the molecule is CC1CCC(C)N1C(=O)[C@H]1CCN[C@@H](C)C1. The average Bonchev–Trinajstić information content (AvgIpc) is 2.58. The van der Waals surface area contributed by atoms with Gasteiger partial charge in [0.05, 0.1) is 0 Å². The number of hydrogen-bond acceptors (Lipinski definition) is 2. The second kappa shape index (κ2) is 4.74. The van der Waals surface area contributed by atoms with E-state index in [0.29, 0.717) is 24.0 Å². The molecule has 3 heteroatoms. The normalized spacial score (nSPS) is 40.1. The zero-order valence-electron chi connectivity index (χ0n) is 10.7. The average molecular weight is 224 g/mol. The Balaban J connectivity index is 2.00. The van der Waals surface area contributed by atoms with Crippen LogP contribution in [-0.4, -0.2) is 35.5 Å². The van der Waals surface area contributed by atoms with Gasteiger partial charge in [-0.15, -0.1) is 0 Å². The Morgan fingerprint density at radius 3 is 2.31 bits per heavy atom. The number of rotatable bonds is 1. The van der Waals surface area contributed by atoms with Crippen LogP contribution in [0, 0.1) is 5.92 Å². The van der Waals surface area contributed by atoms with E-state index in [-0.39, 0.29) is 5.92 Å². The number of nitrogens with zero attached hydrogens (tertiary/aromatic N) is 1. The van der Waals surface area contributed by atoms with Crippen LogP contribution in [0.25, 0.3) is 0 Å². The number of piperidine rings is 1. The van der Waals surface area contributed by atoms with Crippen molar-refractivity contribution < 1.29 is 4.79 Å². The van der Waals surface area contributed by atoms with E-state index in [9.17, 15) is 4.79 Å². The quantitative estimate of drug-likeness (QED) is 0.736. The van der Waals surface area contributed by atoms with Crippen molar-refractivity contribution in [3.05, 3.63) is 0 Å². The van der Waals surface area contributed by atoms with Crippen molar-refractivity contribution in [2.75, 3.05) is 6.54 Å². The highest BCUT2D eigenvalue weighted by Gasteiger charge is 2.36. The van der Waals surface area contributed by atoms with Crippen LogP contribution < -0.4 is 5.32 Å². The van der Waals surface area contributed by atoms with Gasteiger partial charge in [-0.05, 0) is 53.0 Å². The number of carbonyl (C=O) groups excluding carboxylic acids is 1. The van der Waals surface area contributed by atoms with Crippen molar-refractivity contribution in [1.82, 2.24) is 10.2 Å². The molecule has 2 fully saturated rings. The van der Waals surface area contributed by atoms with Crippen LogP contribution in [0.3, 0.4) is 0 Å². The van der Waals surface area contributed by atoms with Crippen molar-refractivity contribution >= 4 is 5.91 Å². The molecule has 2 aliphatic heterocycles. The van der Waals surface area contributed by atoms with Gasteiger partial charge in [-0.3, -0.25) is 4.79 Å². The molecule has 0 bridgehead atoms. The number of carbonyl (C=O) groups is 1. The summed E-state index contributed by atoms with van der Waals surface area (Å²) in [6.07, 6.45) is 4.37. The minimum Gasteiger partial charge on any atom is -0.337 e. The van der Waals surface area contributed by atoms with E-state index in [0.717, 1.165) is 19.4 Å². The minimum atomic E-state index is 0.263. The van der Waals surface area contributed by atoms with E-state index in [1.54, 1.807) is 0 Å². The summed E-state index contributed by atoms with van der Waals surface area (Å²) >= 11 is 0. The lowest BCUT2D eigenvalue weighted by molar-refractivity contribution is -0.139. The molecule has 1 N–H and O–H groups in total. The van der Waals surface area contributed by atoms with Gasteiger partial charge in [-0.2, -0.15) is 0 Å². The van der Waals surface area contributed by atoms with Crippen molar-refractivity contribution in [3.8, 4) is 0 Å². The third kappa shape index (κ3) is 2.24. The molecule has 0 radical (unpaired) electrons. The maximum absolute atomic E-state index is 12.5. The van der Waals surface area contributed by atoms with Crippen LogP contribution in [-0.2, 0) is 4.79 Å². The van der Waals surface area contributed by atoms with Gasteiger partial charge >= 0.3 is 0 Å². The fraction of sp³-hybridized carbons (Fsp3) is 0.923. The molecule has 0 aromatic rings. The Labute approximate surface area is 98.6 Å². The van der Waals surface area contributed by atoms with E-state index in [4.69, 9.17) is 0 Å². The highest BCUT2D eigenvalue weighted by atomic mass is 16.2. The lowest BCUT2D eigenvalue weighted by atomic mass is 9.91. The van der Waals surface area contributed by atoms with Gasteiger partial charge in [0.15, 0.2) is 0 Å². The molecule has 2 rings (SSSR count). The third-order valence-corrected chi connectivity index (χ3v) is 4.18. The first-order valence-corrected chi connectivity index (χ1v) is 6.65. The molecule has 0 spiro atoms. The van der Waals surface area contributed by atoms with Gasteiger partial charge in [0.1, 0.15) is 0 Å². The summed E-state index contributed by atoms with van der Waals surface area (Å²) in [6.45, 7) is 7.54. The molecule has 3 nitrogen and oxygen atoms in total. The fourth-order valence-electron chi connectivity index (χ4n) is 3.20. The maximum atomic E-state index is 12.5. The lowest BCUT2D eigenvalue weighted by Crippen LogP contribution is -2.47. The monoisotopic (exact) mass is 224 g/mol. The number of likely N-dealkylation sites (tertiary alicyclic amines) is 1. The standard InChI is InChI=1S/C13H24N2O/c1-9-8-12(6-7-14-9)13(16)15-10(2)4-5-11(15)3/h9-12,14H,4-8H2,1-3H3/t9-,10?,11?,12-/m0/s1. The van der Waals surface area contributed by atoms with E-state index >= 15 is 0 Å². The van der Waals surface area contributed by atoms with Crippen molar-refractivity contribution in [3.63, 3.8) is 0 Å². The van der Waals surface area contributed by atoms with Gasteiger partial charge in [0, 0.05) is 24.0 Å². The zero-order valence-corrected chi connectivity index (χ0v) is 10.7. The summed E-state index contributed by atoms with van der Waals surface area (Å²) in [6, 6.07) is 1.40. The lowest BCUT2D eigenvalue weighted by Gasteiger charge is -2.34. The molecule has 2 saturated heterocycles. The summed E-state index contributed by atoms with van der Waals surface area (Å²) in [5.74, 6) is 0.671. The van der Waals surface area contributed by atoms with E-state index in [2.05, 4.69) is 31.0 Å². The largest absolute Gasteiger partial charge is 0.337 e. The Morgan fingerprint density at radius 1 is 1.12 bits per heavy atom. The molecule has 2 unspecified atom stereocenters. The topological polar surface area (TPSA) is 32.3 Å². The molecular formula is C13H24N2O. The fourth-order valence-corrected chi connectivity index (χ4v) is 3.20. The molecule has 1 amide bonds. The summed E-state index contributed by atoms with van der Waals surface area (Å²) < 4.78 is 0. The van der Waals surface area contributed by atoms with E-state index < -0.39 is 0 Å². The molecule has 4 atom stereocenters. The van der Waals surface area contributed by atoms with Gasteiger partial charge in [0.25, 0.3) is 0 Å². The van der Waals surface area contributed by atoms with Crippen LogP contribution in [0.15, 0.2) is 0 Å². The molecule has 92 valence electrons. The van der Waals surface area contributed by atoms with Crippen molar-refractivity contribution in [1.29, 1.82) is 0 Å². The van der Waals surface area contributed by atoms with Gasteiger partial charge in [0.2, 0.25) is 5.91 Å². The molecule has 16 heavy (non-hydrogen) atoms. The minimum absolute atomic E-state index is 0.263. The molecule has 2 aliphatic rings. The van der Waals surface area contributed by atoms with Crippen LogP contribution in [0.1, 0.15) is 46.5 Å². The first-order chi connectivity index (χ1) is 7.59. The molecule has 0 saturated carbocycles. The molecule has 0 aromatic carbocycles. The summed E-state index contributed by atoms with van der Waals surface area (Å²) in [4.78, 5) is 14.6. The van der Waals surface area contributed by atoms with E-state index in [1.807, 2.05) is 0 Å². The third-order valence-electron chi connectivity index (χ3n) is 4.18. The van der Waals surface area contributed by atoms with Gasteiger partial charge in [-0.1, -0.05) is 0 Å². The molecular weight excluding hydrogens is 200 g/mol. The Bertz CT molecular complexity index is 257. The molecule has 2 heterocycles. The summed E-state index contributed by atoms with van der Waals surface area (Å²) in [5, 5.41) is 3.41. The van der Waals surface area contributed by atoms with E-state index in [1.165, 1.54) is 12.8 Å². The number of nitrogens with one attached hydrogen (secondary N) is 1. The predicted molar refractivity (Wildman–Crippen MR) is 65.2 cm³/mol. The number of hydrogen-bond donors (Lipinski definition) is 1. The van der Waals surface area contributed by atoms with Crippen molar-refractivity contribution in [2.24, 2.45) is 5.92 Å². The Kier molecular flexibility index (Phi) is 3.53. The first kappa shape index (κ1) is 11.9. The van der Waals surface area contributed by atoms with Crippen molar-refractivity contribution in [2.45, 2.75) is 64.6 Å². The number of amides is 1. The molecule has 0 aliphatic carbocycles. The van der Waals surface area contributed by atoms with Gasteiger partial charge < -0.3 is 10.2 Å². The van der Waals surface area contributed by atoms with Gasteiger partial charge in [-0.25, -0.2) is 0 Å². The zero-order chi connectivity index (χ0) is 11.7. The second-order valence-corrected chi connectivity index (χ2v) is 5.60. The van der Waals surface area contributed by atoms with Crippen LogP contribution in [0.2, 0.25) is 0 Å². The highest BCUT2D eigenvalue weighted by Crippen LogP contribution is 2.28. The molecule has 0 aromatic heterocycles. The summed E-state index contributed by atoms with van der Waals surface area (Å²) in [7, 11) is 0. The smallest absolute Gasteiger partial charge is 0.226 e. The predicted octanol–water partition coefficient (Wildman–Crippen LogP) is 1.77. The Morgan fingerprint density at radius 2 is 1.75 bits per heavy atom. The summed E-state index contributed by atoms with van der Waals surface area (Å²) in [5.41, 5.74) is 0. The second-order valence-electron chi connectivity index (χ2n) is 5.60. The maximum Gasteiger partial charge on any atom is 0.226 e. The Hall–Kier alpha value is -0.570.